The Morgan fingerprint density at radius 3 is 2.34 bits per heavy atom. The van der Waals surface area contributed by atoms with Crippen LogP contribution in [0.25, 0.3) is 0 Å². The topological polar surface area (TPSA) is 125 Å². The Kier molecular flexibility index (Phi) is 8.65. The smallest absolute Gasteiger partial charge is 0.414 e. The Morgan fingerprint density at radius 2 is 1.74 bits per heavy atom. The van der Waals surface area contributed by atoms with Crippen LogP contribution >= 0.6 is 11.3 Å². The number of sulfonamides is 1. The van der Waals surface area contributed by atoms with Gasteiger partial charge in [0.2, 0.25) is 10.0 Å². The Morgan fingerprint density at radius 1 is 1.09 bits per heavy atom. The van der Waals surface area contributed by atoms with Crippen molar-refractivity contribution in [3.05, 3.63) is 45.8 Å². The number of ether oxygens (including phenoxy) is 1. The van der Waals surface area contributed by atoms with E-state index in [0.29, 0.717) is 31.1 Å². The fraction of sp³-hybridized carbons (Fsp3) is 0.435. The summed E-state index contributed by atoms with van der Waals surface area (Å²) in [7, 11) is -1.68. The predicted molar refractivity (Wildman–Crippen MR) is 133 cm³/mol. The molecule has 12 heteroatoms. The lowest BCUT2D eigenvalue weighted by atomic mass is 10.0. The zero-order chi connectivity index (χ0) is 25.8. The first-order chi connectivity index (χ1) is 16.6. The number of hydrogen-bond donors (Lipinski definition) is 2. The molecule has 0 saturated heterocycles. The molecule has 0 fully saturated rings. The van der Waals surface area contributed by atoms with E-state index in [2.05, 4.69) is 15.5 Å². The minimum Gasteiger partial charge on any atom is -0.450 e. The van der Waals surface area contributed by atoms with E-state index in [9.17, 15) is 22.8 Å². The highest BCUT2D eigenvalue weighted by Crippen LogP contribution is 2.37. The molecule has 35 heavy (non-hydrogen) atoms. The highest BCUT2D eigenvalue weighted by molar-refractivity contribution is 7.89. The van der Waals surface area contributed by atoms with E-state index in [-0.39, 0.29) is 22.6 Å². The van der Waals surface area contributed by atoms with Crippen LogP contribution in [-0.4, -0.2) is 68.8 Å². The summed E-state index contributed by atoms with van der Waals surface area (Å²) in [5, 5.41) is 5.32. The molecule has 3 rings (SSSR count). The van der Waals surface area contributed by atoms with Gasteiger partial charge in [0.15, 0.2) is 0 Å². The van der Waals surface area contributed by atoms with Gasteiger partial charge in [-0.2, -0.15) is 4.31 Å². The van der Waals surface area contributed by atoms with Gasteiger partial charge in [0.1, 0.15) is 5.00 Å². The van der Waals surface area contributed by atoms with Gasteiger partial charge in [0.25, 0.3) is 11.8 Å². The summed E-state index contributed by atoms with van der Waals surface area (Å²) >= 11 is 1.29. The Labute approximate surface area is 209 Å². The maximum Gasteiger partial charge on any atom is 0.414 e. The van der Waals surface area contributed by atoms with E-state index in [1.165, 1.54) is 39.9 Å². The number of fused-ring (bicyclic) bond motifs is 1. The molecular formula is C23H30N4O6S2. The number of nitrogens with one attached hydrogen (secondary N) is 2. The number of carbonyl (C=O) groups excluding carboxylic acids is 3. The molecule has 0 radical (unpaired) electrons. The molecule has 2 heterocycles. The third-order valence-electron chi connectivity index (χ3n) is 5.65. The molecule has 1 aromatic carbocycles. The summed E-state index contributed by atoms with van der Waals surface area (Å²) in [5.41, 5.74) is 1.29. The van der Waals surface area contributed by atoms with Crippen LogP contribution in [-0.2, 0) is 27.7 Å². The van der Waals surface area contributed by atoms with Crippen LogP contribution in [0.4, 0.5) is 9.80 Å². The van der Waals surface area contributed by atoms with E-state index in [4.69, 9.17) is 4.74 Å². The van der Waals surface area contributed by atoms with E-state index in [1.807, 2.05) is 7.05 Å². The zero-order valence-electron chi connectivity index (χ0n) is 20.2. The second-order valence-corrected chi connectivity index (χ2v) is 11.0. The van der Waals surface area contributed by atoms with Crippen LogP contribution in [0.3, 0.4) is 0 Å². The molecule has 0 saturated carbocycles. The van der Waals surface area contributed by atoms with Crippen molar-refractivity contribution >= 4 is 44.3 Å². The summed E-state index contributed by atoms with van der Waals surface area (Å²) < 4.78 is 31.6. The number of rotatable bonds is 8. The highest BCUT2D eigenvalue weighted by Gasteiger charge is 2.29. The Hall–Kier alpha value is -2.80. The summed E-state index contributed by atoms with van der Waals surface area (Å²) in [5.74, 6) is -1.13. The first kappa shape index (κ1) is 26.8. The van der Waals surface area contributed by atoms with Crippen molar-refractivity contribution < 1.29 is 27.5 Å². The molecule has 1 aliphatic heterocycles. The summed E-state index contributed by atoms with van der Waals surface area (Å²) in [6.07, 6.45) is -0.255. The minimum atomic E-state index is -3.64. The number of thiophene rings is 1. The Bertz CT molecular complexity index is 1200. The van der Waals surface area contributed by atoms with E-state index in [0.717, 1.165) is 17.0 Å². The van der Waals surface area contributed by atoms with Crippen LogP contribution in [0.5, 0.6) is 0 Å². The lowest BCUT2D eigenvalue weighted by Gasteiger charge is -2.22. The van der Waals surface area contributed by atoms with Gasteiger partial charge < -0.3 is 15.0 Å². The number of benzene rings is 1. The van der Waals surface area contributed by atoms with Crippen molar-refractivity contribution in [3.8, 4) is 0 Å². The molecule has 2 N–H and O–H groups in total. The van der Waals surface area contributed by atoms with Crippen LogP contribution in [0.15, 0.2) is 29.2 Å². The molecule has 190 valence electrons. The average molecular weight is 523 g/mol. The third-order valence-corrected chi connectivity index (χ3v) is 8.85. The van der Waals surface area contributed by atoms with Crippen molar-refractivity contribution in [1.29, 1.82) is 0 Å². The number of likely N-dealkylation sites (N-methyl/N-ethyl adjacent to an activating group) is 1. The standard InChI is InChI=1S/C23H30N4O6S2/c1-5-27(6-2)35(31,32)16-10-8-15(9-11-16)20(28)24-22-19(21(29)25-23(30)33-7-3)17-12-13-26(4)14-18(17)34-22/h8-11H,5-7,12-14H2,1-4H3,(H,24,28)(H,25,29,30). The number of carbonyl (C=O) groups is 3. The molecule has 0 atom stereocenters. The van der Waals surface area contributed by atoms with Crippen LogP contribution in [0.1, 0.15) is 51.9 Å². The molecule has 1 aliphatic rings. The van der Waals surface area contributed by atoms with Gasteiger partial charge in [-0.1, -0.05) is 13.8 Å². The molecule has 0 spiro atoms. The number of anilines is 1. The number of imide groups is 1. The second-order valence-electron chi connectivity index (χ2n) is 7.94. The van der Waals surface area contributed by atoms with E-state index < -0.39 is 27.9 Å². The fourth-order valence-corrected chi connectivity index (χ4v) is 6.63. The molecule has 0 bridgehead atoms. The maximum atomic E-state index is 13.0. The largest absolute Gasteiger partial charge is 0.450 e. The van der Waals surface area contributed by atoms with Crippen LogP contribution < -0.4 is 10.6 Å². The van der Waals surface area contributed by atoms with Gasteiger partial charge in [-0.25, -0.2) is 13.2 Å². The van der Waals surface area contributed by atoms with Crippen LogP contribution in [0.2, 0.25) is 0 Å². The van der Waals surface area contributed by atoms with E-state index in [1.54, 1.807) is 20.8 Å². The van der Waals surface area contributed by atoms with Gasteiger partial charge >= 0.3 is 6.09 Å². The number of alkyl carbamates (subject to hydrolysis) is 1. The quantitative estimate of drug-likeness (QED) is 0.546. The van der Waals surface area contributed by atoms with Crippen molar-refractivity contribution in [2.45, 2.75) is 38.6 Å². The molecule has 2 aromatic rings. The van der Waals surface area contributed by atoms with Gasteiger partial charge in [0, 0.05) is 36.6 Å². The lowest BCUT2D eigenvalue weighted by molar-refractivity contribution is 0.0924. The molecular weight excluding hydrogens is 492 g/mol. The first-order valence-electron chi connectivity index (χ1n) is 11.3. The highest BCUT2D eigenvalue weighted by atomic mass is 32.2. The lowest BCUT2D eigenvalue weighted by Crippen LogP contribution is -2.33. The van der Waals surface area contributed by atoms with Crippen molar-refractivity contribution in [2.75, 3.05) is 38.6 Å². The van der Waals surface area contributed by atoms with E-state index >= 15 is 0 Å². The van der Waals surface area contributed by atoms with Crippen LogP contribution in [0, 0.1) is 0 Å². The monoisotopic (exact) mass is 522 g/mol. The molecule has 10 nitrogen and oxygen atoms in total. The van der Waals surface area contributed by atoms with Gasteiger partial charge in [-0.3, -0.25) is 14.9 Å². The number of amides is 3. The third kappa shape index (κ3) is 5.89. The van der Waals surface area contributed by atoms with Gasteiger partial charge in [-0.15, -0.1) is 11.3 Å². The minimum absolute atomic E-state index is 0.0990. The Balaban J connectivity index is 1.87. The maximum absolute atomic E-state index is 13.0. The van der Waals surface area contributed by atoms with Crippen molar-refractivity contribution in [3.63, 3.8) is 0 Å². The van der Waals surface area contributed by atoms with Crippen molar-refractivity contribution in [1.82, 2.24) is 14.5 Å². The van der Waals surface area contributed by atoms with Gasteiger partial charge in [0.05, 0.1) is 17.1 Å². The predicted octanol–water partition coefficient (Wildman–Crippen LogP) is 2.91. The second kappa shape index (κ2) is 11.3. The zero-order valence-corrected chi connectivity index (χ0v) is 21.8. The molecule has 3 amide bonds. The average Bonchev–Trinajstić information content (AvgIpc) is 3.16. The summed E-state index contributed by atoms with van der Waals surface area (Å²) in [6, 6.07) is 5.66. The summed E-state index contributed by atoms with van der Waals surface area (Å²) in [6.45, 7) is 7.32. The van der Waals surface area contributed by atoms with Gasteiger partial charge in [-0.05, 0) is 50.2 Å². The molecule has 0 aliphatic carbocycles. The van der Waals surface area contributed by atoms with Crippen molar-refractivity contribution in [2.24, 2.45) is 0 Å². The number of nitrogens with zero attached hydrogens (tertiary/aromatic N) is 2. The molecule has 1 aromatic heterocycles. The SMILES string of the molecule is CCOC(=O)NC(=O)c1c(NC(=O)c2ccc(S(=O)(=O)N(CC)CC)cc2)sc2c1CCN(C)C2. The number of hydrogen-bond acceptors (Lipinski definition) is 8. The normalized spacial score (nSPS) is 13.9. The summed E-state index contributed by atoms with van der Waals surface area (Å²) in [4.78, 5) is 40.9. The fourth-order valence-electron chi connectivity index (χ4n) is 3.85. The first-order valence-corrected chi connectivity index (χ1v) is 13.6. The molecule has 0 unspecified atom stereocenters.